The van der Waals surface area contributed by atoms with Gasteiger partial charge in [0.05, 0.1) is 0 Å². The minimum atomic E-state index is 0.198. The van der Waals surface area contributed by atoms with Crippen molar-refractivity contribution in [1.82, 2.24) is 0 Å². The molecule has 0 heterocycles. The fourth-order valence-electron chi connectivity index (χ4n) is 3.90. The number of hydrogen-bond donors (Lipinski definition) is 0. The highest BCUT2D eigenvalue weighted by molar-refractivity contribution is 5.96. The van der Waals surface area contributed by atoms with Gasteiger partial charge in [-0.25, -0.2) is 0 Å². The lowest BCUT2D eigenvalue weighted by Gasteiger charge is -2.04. The Balaban J connectivity index is 1.82. The van der Waals surface area contributed by atoms with E-state index in [1.165, 1.54) is 96.3 Å². The first-order valence-electron chi connectivity index (χ1n) is 12.4. The number of hydrogen-bond acceptors (Lipinski definition) is 2. The second-order valence-corrected chi connectivity index (χ2v) is 8.57. The molecule has 0 bridgehead atoms. The first-order valence-corrected chi connectivity index (χ1v) is 12.4. The van der Waals surface area contributed by atoms with Gasteiger partial charge in [-0.15, -0.1) is 0 Å². The van der Waals surface area contributed by atoms with Crippen LogP contribution in [0.5, 0.6) is 0 Å². The maximum atomic E-state index is 12.1. The molecule has 0 unspecified atom stereocenters. The Bertz CT molecular complexity index is 518. The molecule has 29 heavy (non-hydrogen) atoms. The molecule has 0 N–H and O–H groups in total. The molecule has 1 rings (SSSR count). The maximum Gasteiger partial charge on any atom is 0.162 e. The Morgan fingerprint density at radius 3 is 1.38 bits per heavy atom. The number of aldehydes is 1. The predicted octanol–water partition coefficient (Wildman–Crippen LogP) is 8.72. The zero-order valence-corrected chi connectivity index (χ0v) is 18.9. The summed E-state index contributed by atoms with van der Waals surface area (Å²) >= 11 is 0. The lowest BCUT2D eigenvalue weighted by molar-refractivity contribution is 0.0978. The van der Waals surface area contributed by atoms with E-state index in [9.17, 15) is 9.59 Å². The molecule has 0 radical (unpaired) electrons. The quantitative estimate of drug-likeness (QED) is 0.124. The lowest BCUT2D eigenvalue weighted by Crippen LogP contribution is -1.99. The molecule has 0 aromatic heterocycles. The van der Waals surface area contributed by atoms with Gasteiger partial charge in [-0.05, 0) is 6.42 Å². The lowest BCUT2D eigenvalue weighted by atomic mass is 10.0. The van der Waals surface area contributed by atoms with E-state index in [4.69, 9.17) is 0 Å². The van der Waals surface area contributed by atoms with E-state index in [1.54, 1.807) is 24.3 Å². The number of Topliss-reactive ketones (excluding diaryl/α,β-unsaturated/α-hetero) is 1. The number of rotatable bonds is 20. The minimum Gasteiger partial charge on any atom is -0.298 e. The van der Waals surface area contributed by atoms with E-state index in [1.807, 2.05) is 0 Å². The third-order valence-electron chi connectivity index (χ3n) is 5.88. The minimum absolute atomic E-state index is 0.198. The van der Waals surface area contributed by atoms with E-state index in [0.717, 1.165) is 24.7 Å². The summed E-state index contributed by atoms with van der Waals surface area (Å²) in [5.41, 5.74) is 1.35. The molecule has 0 aliphatic carbocycles. The molecule has 2 nitrogen and oxygen atoms in total. The van der Waals surface area contributed by atoms with E-state index < -0.39 is 0 Å². The predicted molar refractivity (Wildman–Crippen MR) is 125 cm³/mol. The van der Waals surface area contributed by atoms with Crippen molar-refractivity contribution in [2.75, 3.05) is 0 Å². The van der Waals surface area contributed by atoms with E-state index in [0.29, 0.717) is 12.0 Å². The second-order valence-electron chi connectivity index (χ2n) is 8.57. The smallest absolute Gasteiger partial charge is 0.162 e. The number of carbonyl (C=O) groups is 2. The van der Waals surface area contributed by atoms with Gasteiger partial charge < -0.3 is 0 Å². The van der Waals surface area contributed by atoms with Gasteiger partial charge in [0, 0.05) is 17.5 Å². The highest BCUT2D eigenvalue weighted by atomic mass is 16.1. The summed E-state index contributed by atoms with van der Waals surface area (Å²) < 4.78 is 0. The van der Waals surface area contributed by atoms with Crippen LogP contribution in [0.2, 0.25) is 0 Å². The van der Waals surface area contributed by atoms with Crippen LogP contribution in [0.1, 0.15) is 143 Å². The first-order chi connectivity index (χ1) is 14.3. The van der Waals surface area contributed by atoms with Crippen LogP contribution in [-0.4, -0.2) is 12.1 Å². The van der Waals surface area contributed by atoms with Crippen LogP contribution < -0.4 is 0 Å². The van der Waals surface area contributed by atoms with Crippen LogP contribution in [0.4, 0.5) is 0 Å². The third kappa shape index (κ3) is 14.2. The average molecular weight is 401 g/mol. The molecular weight excluding hydrogens is 356 g/mol. The molecule has 0 aliphatic heterocycles. The molecule has 0 saturated carbocycles. The van der Waals surface area contributed by atoms with Gasteiger partial charge in [0.15, 0.2) is 5.78 Å². The van der Waals surface area contributed by atoms with Gasteiger partial charge in [-0.1, -0.05) is 134 Å². The summed E-state index contributed by atoms with van der Waals surface area (Å²) in [7, 11) is 0. The zero-order chi connectivity index (χ0) is 21.0. The molecule has 0 amide bonds. The van der Waals surface area contributed by atoms with Gasteiger partial charge >= 0.3 is 0 Å². The molecule has 2 heteroatoms. The Hall–Kier alpha value is -1.44. The number of unbranched alkanes of at least 4 members (excludes halogenated alkanes) is 16. The molecule has 1 aromatic rings. The summed E-state index contributed by atoms with van der Waals surface area (Å²) in [5, 5.41) is 0. The van der Waals surface area contributed by atoms with Crippen LogP contribution in [0, 0.1) is 0 Å². The van der Waals surface area contributed by atoms with Gasteiger partial charge in [-0.3, -0.25) is 9.59 Å². The number of ketones is 1. The molecule has 0 saturated heterocycles. The normalized spacial score (nSPS) is 10.9. The van der Waals surface area contributed by atoms with Gasteiger partial charge in [0.25, 0.3) is 0 Å². The highest BCUT2D eigenvalue weighted by Gasteiger charge is 2.05. The van der Waals surface area contributed by atoms with Crippen LogP contribution >= 0.6 is 0 Å². The van der Waals surface area contributed by atoms with Gasteiger partial charge in [-0.2, -0.15) is 0 Å². The number of carbonyl (C=O) groups excluding carboxylic acids is 2. The van der Waals surface area contributed by atoms with E-state index >= 15 is 0 Å². The highest BCUT2D eigenvalue weighted by Crippen LogP contribution is 2.15. The Morgan fingerprint density at radius 2 is 1.00 bits per heavy atom. The summed E-state index contributed by atoms with van der Waals surface area (Å²) in [4.78, 5) is 22.8. The van der Waals surface area contributed by atoms with Crippen molar-refractivity contribution in [3.8, 4) is 0 Å². The SMILES string of the molecule is CCCCCCCCCCCCCCCCCCCC(=O)c1ccc(C=O)cc1. The maximum absolute atomic E-state index is 12.1. The van der Waals surface area contributed by atoms with Gasteiger partial charge in [0.1, 0.15) is 6.29 Å². The summed E-state index contributed by atoms with van der Waals surface area (Å²) in [5.74, 6) is 0.198. The average Bonchev–Trinajstić information content (AvgIpc) is 2.75. The van der Waals surface area contributed by atoms with Crippen molar-refractivity contribution >= 4 is 12.1 Å². The second kappa shape index (κ2) is 18.6. The molecule has 164 valence electrons. The molecule has 0 atom stereocenters. The van der Waals surface area contributed by atoms with Crippen molar-refractivity contribution in [2.45, 2.75) is 122 Å². The number of benzene rings is 1. The van der Waals surface area contributed by atoms with Crippen LogP contribution in [0.15, 0.2) is 24.3 Å². The van der Waals surface area contributed by atoms with Crippen LogP contribution in [-0.2, 0) is 0 Å². The monoisotopic (exact) mass is 400 g/mol. The molecule has 0 aliphatic rings. The molecule has 0 spiro atoms. The summed E-state index contributed by atoms with van der Waals surface area (Å²) in [6, 6.07) is 6.96. The van der Waals surface area contributed by atoms with Crippen molar-refractivity contribution in [3.63, 3.8) is 0 Å². The van der Waals surface area contributed by atoms with E-state index in [-0.39, 0.29) is 5.78 Å². The van der Waals surface area contributed by atoms with E-state index in [2.05, 4.69) is 6.92 Å². The molecule has 0 fully saturated rings. The Morgan fingerprint density at radius 1 is 0.621 bits per heavy atom. The molecule has 1 aromatic carbocycles. The van der Waals surface area contributed by atoms with Crippen molar-refractivity contribution in [1.29, 1.82) is 0 Å². The Labute approximate surface area is 179 Å². The van der Waals surface area contributed by atoms with Crippen molar-refractivity contribution in [3.05, 3.63) is 35.4 Å². The zero-order valence-electron chi connectivity index (χ0n) is 18.9. The topological polar surface area (TPSA) is 34.1 Å². The Kier molecular flexibility index (Phi) is 16.4. The fraction of sp³-hybridized carbons (Fsp3) is 0.704. The van der Waals surface area contributed by atoms with Crippen molar-refractivity contribution < 1.29 is 9.59 Å². The van der Waals surface area contributed by atoms with Gasteiger partial charge in [0.2, 0.25) is 0 Å². The fourth-order valence-corrected chi connectivity index (χ4v) is 3.90. The molecular formula is C27H44O2. The summed E-state index contributed by atoms with van der Waals surface area (Å²) in [6.45, 7) is 2.28. The first kappa shape index (κ1) is 25.6. The standard InChI is InChI=1S/C27H44O2/c1-2-3-4-5-6-7-8-9-10-11-12-13-14-15-16-17-18-19-27(29)26-22-20-25(24-28)21-23-26/h20-24H,2-19H2,1H3. The summed E-state index contributed by atoms with van der Waals surface area (Å²) in [6.07, 6.45) is 24.4. The van der Waals surface area contributed by atoms with Crippen LogP contribution in [0.25, 0.3) is 0 Å². The largest absolute Gasteiger partial charge is 0.298 e. The third-order valence-corrected chi connectivity index (χ3v) is 5.88. The van der Waals surface area contributed by atoms with Crippen molar-refractivity contribution in [2.24, 2.45) is 0 Å². The van der Waals surface area contributed by atoms with Crippen LogP contribution in [0.3, 0.4) is 0 Å².